The molecule has 1 rings (SSSR count). The SMILES string of the molecule is CC1=C(CCC(C)CCC/C(C)=C\CN)C(C)(C)CCC1. The van der Waals surface area contributed by atoms with Crippen LogP contribution in [-0.4, -0.2) is 6.54 Å². The lowest BCUT2D eigenvalue weighted by molar-refractivity contribution is 0.341. The van der Waals surface area contributed by atoms with Crippen LogP contribution in [-0.2, 0) is 0 Å². The number of rotatable bonds is 8. The molecule has 0 aliphatic heterocycles. The molecule has 122 valence electrons. The highest BCUT2D eigenvalue weighted by Gasteiger charge is 2.27. The van der Waals surface area contributed by atoms with Gasteiger partial charge in [0.15, 0.2) is 0 Å². The van der Waals surface area contributed by atoms with E-state index in [1.165, 1.54) is 56.9 Å². The van der Waals surface area contributed by atoms with Crippen molar-refractivity contribution in [1.82, 2.24) is 0 Å². The molecule has 1 atom stereocenters. The van der Waals surface area contributed by atoms with Crippen molar-refractivity contribution in [3.05, 3.63) is 22.8 Å². The van der Waals surface area contributed by atoms with Gasteiger partial charge in [-0.1, -0.05) is 50.0 Å². The Morgan fingerprint density at radius 1 is 1.33 bits per heavy atom. The van der Waals surface area contributed by atoms with Crippen LogP contribution in [0.4, 0.5) is 0 Å². The van der Waals surface area contributed by atoms with Gasteiger partial charge in [-0.15, -0.1) is 0 Å². The molecule has 1 aliphatic carbocycles. The number of nitrogens with two attached hydrogens (primary N) is 1. The van der Waals surface area contributed by atoms with Gasteiger partial charge < -0.3 is 5.73 Å². The maximum absolute atomic E-state index is 5.55. The molecule has 0 spiro atoms. The summed E-state index contributed by atoms with van der Waals surface area (Å²) >= 11 is 0. The number of allylic oxidation sites excluding steroid dienone is 3. The first-order valence-corrected chi connectivity index (χ1v) is 8.91. The van der Waals surface area contributed by atoms with Crippen molar-refractivity contribution in [2.24, 2.45) is 17.1 Å². The normalized spacial score (nSPS) is 20.8. The Labute approximate surface area is 133 Å². The van der Waals surface area contributed by atoms with Crippen molar-refractivity contribution in [2.45, 2.75) is 86.0 Å². The van der Waals surface area contributed by atoms with Crippen LogP contribution < -0.4 is 5.73 Å². The van der Waals surface area contributed by atoms with Crippen LogP contribution in [0.1, 0.15) is 86.0 Å². The lowest BCUT2D eigenvalue weighted by atomic mass is 9.70. The van der Waals surface area contributed by atoms with Gasteiger partial charge in [0.05, 0.1) is 0 Å². The highest BCUT2D eigenvalue weighted by atomic mass is 14.5. The molecule has 0 heterocycles. The minimum atomic E-state index is 0.447. The van der Waals surface area contributed by atoms with E-state index in [0.29, 0.717) is 12.0 Å². The van der Waals surface area contributed by atoms with Gasteiger partial charge in [0.1, 0.15) is 0 Å². The smallest absolute Gasteiger partial charge is 0.0109 e. The molecule has 0 aromatic carbocycles. The molecule has 0 amide bonds. The van der Waals surface area contributed by atoms with E-state index in [1.807, 2.05) is 0 Å². The molecule has 1 aliphatic rings. The van der Waals surface area contributed by atoms with Gasteiger partial charge in [-0.05, 0) is 70.1 Å². The van der Waals surface area contributed by atoms with Gasteiger partial charge in [-0.2, -0.15) is 0 Å². The fraction of sp³-hybridized carbons (Fsp3) is 0.800. The van der Waals surface area contributed by atoms with Crippen LogP contribution in [0.2, 0.25) is 0 Å². The van der Waals surface area contributed by atoms with Crippen LogP contribution in [0.3, 0.4) is 0 Å². The van der Waals surface area contributed by atoms with Crippen LogP contribution in [0, 0.1) is 11.3 Å². The predicted octanol–water partition coefficient (Wildman–Crippen LogP) is 6.00. The van der Waals surface area contributed by atoms with E-state index in [0.717, 1.165) is 5.92 Å². The van der Waals surface area contributed by atoms with Gasteiger partial charge in [0.2, 0.25) is 0 Å². The molecule has 0 saturated heterocycles. The summed E-state index contributed by atoms with van der Waals surface area (Å²) in [6.07, 6.45) is 12.8. The van der Waals surface area contributed by atoms with Crippen LogP contribution >= 0.6 is 0 Å². The predicted molar refractivity (Wildman–Crippen MR) is 95.4 cm³/mol. The Hall–Kier alpha value is -0.560. The van der Waals surface area contributed by atoms with Crippen molar-refractivity contribution >= 4 is 0 Å². The summed E-state index contributed by atoms with van der Waals surface area (Å²) < 4.78 is 0. The Kier molecular flexibility index (Phi) is 7.73. The summed E-state index contributed by atoms with van der Waals surface area (Å²) in [4.78, 5) is 0. The Morgan fingerprint density at radius 3 is 2.67 bits per heavy atom. The molecular weight excluding hydrogens is 254 g/mol. The lowest BCUT2D eigenvalue weighted by Gasteiger charge is -2.35. The van der Waals surface area contributed by atoms with E-state index in [-0.39, 0.29) is 0 Å². The van der Waals surface area contributed by atoms with E-state index in [4.69, 9.17) is 5.73 Å². The summed E-state index contributed by atoms with van der Waals surface area (Å²) in [5.74, 6) is 0.841. The van der Waals surface area contributed by atoms with Gasteiger partial charge in [-0.25, -0.2) is 0 Å². The maximum atomic E-state index is 5.55. The second-order valence-corrected chi connectivity index (χ2v) is 7.82. The third-order valence-electron chi connectivity index (χ3n) is 5.31. The average molecular weight is 292 g/mol. The quantitative estimate of drug-likeness (QED) is 0.545. The molecule has 0 bridgehead atoms. The van der Waals surface area contributed by atoms with Crippen LogP contribution in [0.25, 0.3) is 0 Å². The number of hydrogen-bond acceptors (Lipinski definition) is 1. The van der Waals surface area contributed by atoms with E-state index >= 15 is 0 Å². The molecule has 0 aromatic rings. The molecular formula is C20H37N. The van der Waals surface area contributed by atoms with Crippen molar-refractivity contribution in [2.75, 3.05) is 6.54 Å². The topological polar surface area (TPSA) is 26.0 Å². The van der Waals surface area contributed by atoms with Gasteiger partial charge in [-0.3, -0.25) is 0 Å². The molecule has 1 nitrogen and oxygen atoms in total. The molecule has 0 fully saturated rings. The Bertz CT molecular complexity index is 373. The summed E-state index contributed by atoms with van der Waals surface area (Å²) in [5, 5.41) is 0. The van der Waals surface area contributed by atoms with E-state index < -0.39 is 0 Å². The standard InChI is InChI=1S/C20H37N/c1-16(8-6-9-17(2)13-15-21)11-12-19-18(3)10-7-14-20(19,4)5/h13,16H,6-12,14-15,21H2,1-5H3/b17-13-. The molecule has 0 saturated carbocycles. The largest absolute Gasteiger partial charge is 0.327 e. The molecule has 2 N–H and O–H groups in total. The summed E-state index contributed by atoms with van der Waals surface area (Å²) in [6.45, 7) is 12.6. The van der Waals surface area contributed by atoms with Crippen LogP contribution in [0.5, 0.6) is 0 Å². The van der Waals surface area contributed by atoms with Crippen molar-refractivity contribution < 1.29 is 0 Å². The van der Waals surface area contributed by atoms with Crippen molar-refractivity contribution in [3.63, 3.8) is 0 Å². The minimum absolute atomic E-state index is 0.447. The monoisotopic (exact) mass is 291 g/mol. The molecule has 1 heteroatoms. The Balaban J connectivity index is 2.36. The summed E-state index contributed by atoms with van der Waals surface area (Å²) in [7, 11) is 0. The van der Waals surface area contributed by atoms with E-state index in [1.54, 1.807) is 11.1 Å². The van der Waals surface area contributed by atoms with Crippen molar-refractivity contribution in [1.29, 1.82) is 0 Å². The van der Waals surface area contributed by atoms with E-state index in [9.17, 15) is 0 Å². The zero-order valence-corrected chi connectivity index (χ0v) is 15.1. The number of hydrogen-bond donors (Lipinski definition) is 1. The first kappa shape index (κ1) is 18.5. The third kappa shape index (κ3) is 6.38. The van der Waals surface area contributed by atoms with Crippen LogP contribution in [0.15, 0.2) is 22.8 Å². The third-order valence-corrected chi connectivity index (χ3v) is 5.31. The first-order valence-electron chi connectivity index (χ1n) is 8.91. The summed E-state index contributed by atoms with van der Waals surface area (Å²) in [6, 6.07) is 0. The second-order valence-electron chi connectivity index (χ2n) is 7.82. The molecule has 1 unspecified atom stereocenters. The first-order chi connectivity index (χ1) is 9.86. The van der Waals surface area contributed by atoms with Gasteiger partial charge >= 0.3 is 0 Å². The average Bonchev–Trinajstić information content (AvgIpc) is 2.37. The minimum Gasteiger partial charge on any atom is -0.327 e. The molecule has 21 heavy (non-hydrogen) atoms. The highest BCUT2D eigenvalue weighted by Crippen LogP contribution is 2.42. The highest BCUT2D eigenvalue weighted by molar-refractivity contribution is 5.22. The fourth-order valence-corrected chi connectivity index (χ4v) is 3.79. The maximum Gasteiger partial charge on any atom is 0.0109 e. The van der Waals surface area contributed by atoms with E-state index in [2.05, 4.69) is 40.7 Å². The zero-order valence-electron chi connectivity index (χ0n) is 15.1. The van der Waals surface area contributed by atoms with Gasteiger partial charge in [0.25, 0.3) is 0 Å². The Morgan fingerprint density at radius 2 is 2.05 bits per heavy atom. The fourth-order valence-electron chi connectivity index (χ4n) is 3.79. The lowest BCUT2D eigenvalue weighted by Crippen LogP contribution is -2.20. The zero-order chi connectivity index (χ0) is 15.9. The molecule has 0 radical (unpaired) electrons. The summed E-state index contributed by atoms with van der Waals surface area (Å²) in [5.41, 5.74) is 10.9. The van der Waals surface area contributed by atoms with Crippen molar-refractivity contribution in [3.8, 4) is 0 Å². The molecule has 0 aromatic heterocycles. The van der Waals surface area contributed by atoms with Gasteiger partial charge in [0, 0.05) is 6.54 Å². The second kappa shape index (κ2) is 8.78.